The van der Waals surface area contributed by atoms with Crippen LogP contribution in [0, 0.1) is 12.8 Å². The first-order valence-corrected chi connectivity index (χ1v) is 8.72. The zero-order chi connectivity index (χ0) is 15.6. The predicted molar refractivity (Wildman–Crippen MR) is 85.8 cm³/mol. The van der Waals surface area contributed by atoms with Crippen molar-refractivity contribution in [3.63, 3.8) is 0 Å². The first-order valence-electron chi connectivity index (χ1n) is 6.83. The molecule has 1 aromatic carbocycles. The smallest absolute Gasteiger partial charge is 0.240 e. The maximum atomic E-state index is 12.4. The average molecular weight is 328 g/mol. The van der Waals surface area contributed by atoms with Gasteiger partial charge in [-0.15, -0.1) is 0 Å². The molecule has 1 saturated heterocycles. The first-order chi connectivity index (χ1) is 9.81. The van der Waals surface area contributed by atoms with Crippen LogP contribution in [0.15, 0.2) is 23.1 Å². The highest BCUT2D eigenvalue weighted by molar-refractivity contribution is 7.89. The summed E-state index contributed by atoms with van der Waals surface area (Å²) in [6, 6.07) is 4.87. The highest BCUT2D eigenvalue weighted by Crippen LogP contribution is 2.21. The zero-order valence-electron chi connectivity index (χ0n) is 12.1. The molecule has 1 aromatic rings. The van der Waals surface area contributed by atoms with Crippen LogP contribution in [0.5, 0.6) is 0 Å². The van der Waals surface area contributed by atoms with Crippen molar-refractivity contribution in [3.8, 4) is 0 Å². The van der Waals surface area contributed by atoms with Gasteiger partial charge in [-0.1, -0.05) is 18.3 Å². The molecule has 0 bridgehead atoms. The van der Waals surface area contributed by atoms with E-state index in [4.69, 9.17) is 22.7 Å². The highest BCUT2D eigenvalue weighted by Gasteiger charge is 2.26. The van der Waals surface area contributed by atoms with Gasteiger partial charge in [-0.2, -0.15) is 0 Å². The summed E-state index contributed by atoms with van der Waals surface area (Å²) < 4.78 is 32.9. The van der Waals surface area contributed by atoms with Crippen LogP contribution in [-0.4, -0.2) is 32.7 Å². The number of thiocarbonyl (C=S) groups is 1. The van der Waals surface area contributed by atoms with E-state index in [1.165, 1.54) is 0 Å². The van der Waals surface area contributed by atoms with E-state index in [2.05, 4.69) is 4.72 Å². The van der Waals surface area contributed by atoms with Gasteiger partial charge in [0.15, 0.2) is 0 Å². The fourth-order valence-electron chi connectivity index (χ4n) is 2.44. The van der Waals surface area contributed by atoms with Crippen LogP contribution < -0.4 is 10.5 Å². The van der Waals surface area contributed by atoms with Gasteiger partial charge in [0.2, 0.25) is 10.0 Å². The summed E-state index contributed by atoms with van der Waals surface area (Å²) in [6.07, 6.45) is 0.967. The third-order valence-corrected chi connectivity index (χ3v) is 5.64. The minimum Gasteiger partial charge on any atom is -0.389 e. The monoisotopic (exact) mass is 328 g/mol. The molecular formula is C14H20N2O3S2. The average Bonchev–Trinajstić information content (AvgIpc) is 2.81. The van der Waals surface area contributed by atoms with Crippen molar-refractivity contribution in [2.45, 2.75) is 31.3 Å². The summed E-state index contributed by atoms with van der Waals surface area (Å²) in [7, 11) is -3.53. The minimum absolute atomic E-state index is 0.0887. The van der Waals surface area contributed by atoms with Crippen LogP contribution in [-0.2, 0) is 14.8 Å². The highest BCUT2D eigenvalue weighted by atomic mass is 32.2. The molecule has 2 rings (SSSR count). The molecule has 0 aromatic heterocycles. The summed E-state index contributed by atoms with van der Waals surface area (Å²) in [6.45, 7) is 4.78. The Morgan fingerprint density at radius 1 is 1.52 bits per heavy atom. The van der Waals surface area contributed by atoms with E-state index >= 15 is 0 Å². The Labute approximate surface area is 130 Å². The Kier molecular flexibility index (Phi) is 4.98. The summed E-state index contributed by atoms with van der Waals surface area (Å²) in [4.78, 5) is 0.515. The largest absolute Gasteiger partial charge is 0.389 e. The van der Waals surface area contributed by atoms with E-state index in [1.54, 1.807) is 25.1 Å². The molecule has 2 unspecified atom stereocenters. The lowest BCUT2D eigenvalue weighted by Crippen LogP contribution is -2.32. The van der Waals surface area contributed by atoms with Gasteiger partial charge >= 0.3 is 0 Å². The van der Waals surface area contributed by atoms with Crippen molar-refractivity contribution < 1.29 is 13.2 Å². The summed E-state index contributed by atoms with van der Waals surface area (Å²) in [5.74, 6) is 0.218. The molecule has 7 heteroatoms. The molecule has 1 fully saturated rings. The minimum atomic E-state index is -3.53. The Hall–Kier alpha value is -1.02. The number of ether oxygens (including phenoxy) is 1. The van der Waals surface area contributed by atoms with Crippen molar-refractivity contribution in [1.82, 2.24) is 4.72 Å². The third kappa shape index (κ3) is 3.79. The number of hydrogen-bond acceptors (Lipinski definition) is 4. The quantitative estimate of drug-likeness (QED) is 0.797. The topological polar surface area (TPSA) is 81.4 Å². The Bertz CT molecular complexity index is 644. The predicted octanol–water partition coefficient (Wildman–Crippen LogP) is 1.33. The molecule has 1 heterocycles. The number of nitrogens with one attached hydrogen (secondary N) is 1. The van der Waals surface area contributed by atoms with Crippen LogP contribution >= 0.6 is 12.2 Å². The van der Waals surface area contributed by atoms with Crippen LogP contribution in [0.2, 0.25) is 0 Å². The molecule has 0 amide bonds. The number of rotatable bonds is 5. The third-order valence-electron chi connectivity index (χ3n) is 3.82. The second-order valence-electron chi connectivity index (χ2n) is 5.32. The van der Waals surface area contributed by atoms with Crippen LogP contribution in [0.4, 0.5) is 0 Å². The normalized spacial score (nSPS) is 22.4. The number of benzene rings is 1. The van der Waals surface area contributed by atoms with Gasteiger partial charge in [-0.3, -0.25) is 0 Å². The molecule has 21 heavy (non-hydrogen) atoms. The van der Waals surface area contributed by atoms with E-state index in [0.29, 0.717) is 24.3 Å². The van der Waals surface area contributed by atoms with Crippen molar-refractivity contribution in [2.75, 3.05) is 13.2 Å². The molecule has 3 N–H and O–H groups in total. The number of nitrogens with two attached hydrogens (primary N) is 1. The van der Waals surface area contributed by atoms with Gasteiger partial charge in [0.1, 0.15) is 4.99 Å². The van der Waals surface area contributed by atoms with Gasteiger partial charge in [0.05, 0.1) is 11.0 Å². The van der Waals surface area contributed by atoms with Crippen molar-refractivity contribution in [1.29, 1.82) is 0 Å². The van der Waals surface area contributed by atoms with Crippen LogP contribution in [0.1, 0.15) is 24.5 Å². The molecule has 1 aliphatic rings. The molecular weight excluding hydrogens is 308 g/mol. The standard InChI is InChI=1S/C14H20N2O3S2/c1-9-7-11(14(15)20)3-4-13(9)21(17,18)16-8-12-5-6-19-10(12)2/h3-4,7,10,12,16H,5-6,8H2,1-2H3,(H2,15,20). The van der Waals surface area contributed by atoms with Gasteiger partial charge in [0.25, 0.3) is 0 Å². The van der Waals surface area contributed by atoms with Gasteiger partial charge in [-0.05, 0) is 38.0 Å². The maximum Gasteiger partial charge on any atom is 0.240 e. The maximum absolute atomic E-state index is 12.4. The van der Waals surface area contributed by atoms with Gasteiger partial charge in [-0.25, -0.2) is 13.1 Å². The van der Waals surface area contributed by atoms with E-state index in [0.717, 1.165) is 6.42 Å². The Morgan fingerprint density at radius 2 is 2.24 bits per heavy atom. The van der Waals surface area contributed by atoms with E-state index in [9.17, 15) is 8.42 Å². The molecule has 1 aliphatic heterocycles. The van der Waals surface area contributed by atoms with Gasteiger partial charge < -0.3 is 10.5 Å². The lowest BCUT2D eigenvalue weighted by molar-refractivity contribution is 0.107. The number of aryl methyl sites for hydroxylation is 1. The molecule has 116 valence electrons. The molecule has 0 saturated carbocycles. The number of sulfonamides is 1. The van der Waals surface area contributed by atoms with Crippen LogP contribution in [0.3, 0.4) is 0 Å². The SMILES string of the molecule is Cc1cc(C(N)=S)ccc1S(=O)(=O)NCC1CCOC1C. The fraction of sp³-hybridized carbons (Fsp3) is 0.500. The second kappa shape index (κ2) is 6.39. The molecule has 5 nitrogen and oxygen atoms in total. The van der Waals surface area contributed by atoms with Crippen LogP contribution in [0.25, 0.3) is 0 Å². The fourth-order valence-corrected chi connectivity index (χ4v) is 3.89. The lowest BCUT2D eigenvalue weighted by atomic mass is 10.0. The molecule has 0 aliphatic carbocycles. The zero-order valence-corrected chi connectivity index (χ0v) is 13.8. The Morgan fingerprint density at radius 3 is 2.76 bits per heavy atom. The van der Waals surface area contributed by atoms with E-state index < -0.39 is 10.0 Å². The van der Waals surface area contributed by atoms with Gasteiger partial charge in [0, 0.05) is 24.6 Å². The van der Waals surface area contributed by atoms with Crippen molar-refractivity contribution >= 4 is 27.2 Å². The van der Waals surface area contributed by atoms with Crippen molar-refractivity contribution in [2.24, 2.45) is 11.7 Å². The van der Waals surface area contributed by atoms with E-state index in [-0.39, 0.29) is 21.9 Å². The summed E-state index contributed by atoms with van der Waals surface area (Å²) in [5.41, 5.74) is 6.85. The van der Waals surface area contributed by atoms with E-state index in [1.807, 2.05) is 6.92 Å². The Balaban J connectivity index is 2.14. The second-order valence-corrected chi connectivity index (χ2v) is 7.50. The lowest BCUT2D eigenvalue weighted by Gasteiger charge is -2.16. The summed E-state index contributed by atoms with van der Waals surface area (Å²) >= 11 is 4.89. The van der Waals surface area contributed by atoms with Crippen molar-refractivity contribution in [3.05, 3.63) is 29.3 Å². The first kappa shape index (κ1) is 16.4. The number of hydrogen-bond donors (Lipinski definition) is 2. The molecule has 0 spiro atoms. The molecule has 2 atom stereocenters. The molecule has 0 radical (unpaired) electrons. The summed E-state index contributed by atoms with van der Waals surface area (Å²) in [5, 5.41) is 0.